The van der Waals surface area contributed by atoms with Crippen molar-refractivity contribution in [3.8, 4) is 5.75 Å². The summed E-state index contributed by atoms with van der Waals surface area (Å²) in [5.41, 5.74) is 4.12. The van der Waals surface area contributed by atoms with E-state index in [0.29, 0.717) is 11.1 Å². The zero-order chi connectivity index (χ0) is 22.3. The average molecular weight is 431 g/mol. The second-order valence-electron chi connectivity index (χ2n) is 9.24. The van der Waals surface area contributed by atoms with Gasteiger partial charge >= 0.3 is 0 Å². The minimum atomic E-state index is -0.279. The van der Waals surface area contributed by atoms with Gasteiger partial charge in [0.05, 0.1) is 7.11 Å². The molecule has 0 aromatic heterocycles. The van der Waals surface area contributed by atoms with Crippen molar-refractivity contribution in [3.05, 3.63) is 89.3 Å². The van der Waals surface area contributed by atoms with Gasteiger partial charge in [-0.25, -0.2) is 4.39 Å². The second-order valence-corrected chi connectivity index (χ2v) is 9.24. The van der Waals surface area contributed by atoms with Crippen molar-refractivity contribution in [2.24, 2.45) is 5.92 Å². The average Bonchev–Trinajstić information content (AvgIpc) is 2.84. The molecule has 0 N–H and O–H groups in total. The molecule has 3 aromatic rings. The van der Waals surface area contributed by atoms with Crippen LogP contribution in [0.2, 0.25) is 0 Å². The smallest absolute Gasteiger partial charge is 0.172 e. The Kier molecular flexibility index (Phi) is 7.63. The summed E-state index contributed by atoms with van der Waals surface area (Å²) in [5, 5.41) is 1.55. The van der Waals surface area contributed by atoms with Crippen LogP contribution >= 0.6 is 0 Å². The fourth-order valence-electron chi connectivity index (χ4n) is 5.16. The number of rotatable bonds is 8. The summed E-state index contributed by atoms with van der Waals surface area (Å²) in [6.07, 6.45) is 14.4. The van der Waals surface area contributed by atoms with Crippen LogP contribution in [0.25, 0.3) is 10.8 Å². The summed E-state index contributed by atoms with van der Waals surface area (Å²) in [4.78, 5) is 0. The quantitative estimate of drug-likeness (QED) is 0.326. The van der Waals surface area contributed by atoms with Crippen LogP contribution in [-0.4, -0.2) is 7.11 Å². The van der Waals surface area contributed by atoms with Gasteiger partial charge in [-0.15, -0.1) is 0 Å². The van der Waals surface area contributed by atoms with E-state index in [2.05, 4.69) is 49.4 Å². The number of halogens is 1. The van der Waals surface area contributed by atoms with E-state index < -0.39 is 0 Å². The highest BCUT2D eigenvalue weighted by Gasteiger charge is 2.21. The molecule has 3 aromatic carbocycles. The van der Waals surface area contributed by atoms with Crippen LogP contribution in [0.15, 0.2) is 66.7 Å². The van der Waals surface area contributed by atoms with Gasteiger partial charge in [0.2, 0.25) is 0 Å². The molecule has 1 saturated carbocycles. The van der Waals surface area contributed by atoms with E-state index in [9.17, 15) is 4.39 Å². The topological polar surface area (TPSA) is 9.23 Å². The molecular formula is C30H35FO. The van der Waals surface area contributed by atoms with E-state index >= 15 is 0 Å². The molecular weight excluding hydrogens is 395 g/mol. The van der Waals surface area contributed by atoms with Gasteiger partial charge in [-0.05, 0) is 98.3 Å². The van der Waals surface area contributed by atoms with Gasteiger partial charge in [0.15, 0.2) is 11.6 Å². The molecule has 1 fully saturated rings. The molecule has 0 heterocycles. The van der Waals surface area contributed by atoms with Gasteiger partial charge in [0, 0.05) is 5.39 Å². The molecule has 4 rings (SSSR count). The number of hydrogen-bond donors (Lipinski definition) is 0. The molecule has 0 amide bonds. The largest absolute Gasteiger partial charge is 0.494 e. The van der Waals surface area contributed by atoms with Gasteiger partial charge in [0.25, 0.3) is 0 Å². The SMILES string of the molecule is C/C=C/CCC1CCC(c2ccc(CCc3ccc4c(F)c(OC)ccc4c3)cc2)CC1. The lowest BCUT2D eigenvalue weighted by molar-refractivity contribution is 0.312. The van der Waals surface area contributed by atoms with Crippen LogP contribution in [0.5, 0.6) is 5.75 Å². The van der Waals surface area contributed by atoms with Crippen molar-refractivity contribution < 1.29 is 9.13 Å². The molecule has 0 unspecified atom stereocenters. The van der Waals surface area contributed by atoms with Crippen LogP contribution in [0.1, 0.15) is 68.1 Å². The van der Waals surface area contributed by atoms with E-state index in [4.69, 9.17) is 4.74 Å². The molecule has 1 nitrogen and oxygen atoms in total. The van der Waals surface area contributed by atoms with Crippen molar-refractivity contribution in [2.75, 3.05) is 7.11 Å². The minimum Gasteiger partial charge on any atom is -0.494 e. The lowest BCUT2D eigenvalue weighted by Gasteiger charge is -2.28. The molecule has 2 heteroatoms. The predicted octanol–water partition coefficient (Wildman–Crippen LogP) is 8.40. The van der Waals surface area contributed by atoms with Gasteiger partial charge in [0.1, 0.15) is 0 Å². The van der Waals surface area contributed by atoms with Crippen molar-refractivity contribution in [1.82, 2.24) is 0 Å². The first-order chi connectivity index (χ1) is 15.7. The van der Waals surface area contributed by atoms with Crippen LogP contribution in [-0.2, 0) is 12.8 Å². The summed E-state index contributed by atoms with van der Waals surface area (Å²) >= 11 is 0. The van der Waals surface area contributed by atoms with Gasteiger partial charge < -0.3 is 4.74 Å². The number of benzene rings is 3. The van der Waals surface area contributed by atoms with E-state index in [1.54, 1.807) is 6.07 Å². The first kappa shape index (κ1) is 22.6. The zero-order valence-electron chi connectivity index (χ0n) is 19.4. The Morgan fingerprint density at radius 2 is 1.62 bits per heavy atom. The highest BCUT2D eigenvalue weighted by molar-refractivity contribution is 5.85. The van der Waals surface area contributed by atoms with Gasteiger partial charge in [-0.3, -0.25) is 0 Å². The number of allylic oxidation sites excluding steroid dienone is 2. The molecule has 0 spiro atoms. The number of ether oxygens (including phenoxy) is 1. The summed E-state index contributed by atoms with van der Waals surface area (Å²) in [6, 6.07) is 19.0. The highest BCUT2D eigenvalue weighted by Crippen LogP contribution is 2.37. The van der Waals surface area contributed by atoms with Crippen LogP contribution < -0.4 is 4.74 Å². The fourth-order valence-corrected chi connectivity index (χ4v) is 5.16. The first-order valence-electron chi connectivity index (χ1n) is 12.1. The Morgan fingerprint density at radius 3 is 2.34 bits per heavy atom. The Morgan fingerprint density at radius 1 is 0.906 bits per heavy atom. The van der Waals surface area contributed by atoms with E-state index in [1.807, 2.05) is 18.2 Å². The van der Waals surface area contributed by atoms with Crippen molar-refractivity contribution in [2.45, 2.75) is 64.2 Å². The van der Waals surface area contributed by atoms with Crippen LogP contribution in [0.3, 0.4) is 0 Å². The molecule has 0 bridgehead atoms. The highest BCUT2D eigenvalue weighted by atomic mass is 19.1. The molecule has 0 radical (unpaired) electrons. The number of aryl methyl sites for hydroxylation is 2. The minimum absolute atomic E-state index is 0.279. The summed E-state index contributed by atoms with van der Waals surface area (Å²) < 4.78 is 19.5. The molecule has 0 atom stereocenters. The standard InChI is InChI=1S/C30H35FO/c1-3-4-5-6-22-9-14-25(15-10-22)26-16-11-23(12-17-26)7-8-24-13-19-28-27(21-24)18-20-29(32-2)30(28)31/h3-4,11-13,16-22,25H,5-10,14-15H2,1-2H3/b4-3+. The molecule has 32 heavy (non-hydrogen) atoms. The number of methoxy groups -OCH3 is 1. The fraction of sp³-hybridized carbons (Fsp3) is 0.400. The maximum Gasteiger partial charge on any atom is 0.172 e. The van der Waals surface area contributed by atoms with E-state index in [1.165, 1.54) is 62.3 Å². The summed E-state index contributed by atoms with van der Waals surface area (Å²) in [6.45, 7) is 2.11. The molecule has 0 aliphatic heterocycles. The Hall–Kier alpha value is -2.61. The monoisotopic (exact) mass is 430 g/mol. The van der Waals surface area contributed by atoms with Crippen molar-refractivity contribution in [1.29, 1.82) is 0 Å². The Bertz CT molecular complexity index is 1040. The van der Waals surface area contributed by atoms with Gasteiger partial charge in [-0.1, -0.05) is 60.7 Å². The maximum absolute atomic E-state index is 14.4. The van der Waals surface area contributed by atoms with Crippen LogP contribution in [0, 0.1) is 11.7 Å². The predicted molar refractivity (Wildman–Crippen MR) is 133 cm³/mol. The molecule has 0 saturated heterocycles. The van der Waals surface area contributed by atoms with Crippen molar-refractivity contribution >= 4 is 10.8 Å². The number of fused-ring (bicyclic) bond motifs is 1. The normalized spacial score (nSPS) is 19.0. The number of hydrogen-bond acceptors (Lipinski definition) is 1. The third-order valence-electron chi connectivity index (χ3n) is 7.18. The first-order valence-corrected chi connectivity index (χ1v) is 12.1. The van der Waals surface area contributed by atoms with Crippen molar-refractivity contribution in [3.63, 3.8) is 0 Å². The van der Waals surface area contributed by atoms with E-state index in [0.717, 1.165) is 30.1 Å². The second kappa shape index (κ2) is 10.8. The zero-order valence-corrected chi connectivity index (χ0v) is 19.4. The van der Waals surface area contributed by atoms with Crippen LogP contribution in [0.4, 0.5) is 4.39 Å². The third-order valence-corrected chi connectivity index (χ3v) is 7.18. The molecule has 1 aliphatic rings. The maximum atomic E-state index is 14.4. The van der Waals surface area contributed by atoms with Gasteiger partial charge in [-0.2, -0.15) is 0 Å². The summed E-state index contributed by atoms with van der Waals surface area (Å²) in [5.74, 6) is 1.67. The Balaban J connectivity index is 1.31. The lowest BCUT2D eigenvalue weighted by atomic mass is 9.77. The Labute approximate surface area is 192 Å². The summed E-state index contributed by atoms with van der Waals surface area (Å²) in [7, 11) is 1.50. The molecule has 1 aliphatic carbocycles. The lowest BCUT2D eigenvalue weighted by Crippen LogP contribution is -2.13. The van der Waals surface area contributed by atoms with E-state index in [-0.39, 0.29) is 5.82 Å². The third kappa shape index (κ3) is 5.41. The molecule has 168 valence electrons.